The first kappa shape index (κ1) is 7.50. The van der Waals surface area contributed by atoms with Gasteiger partial charge in [-0.15, -0.1) is 0 Å². The average Bonchev–Trinajstić information content (AvgIpc) is 2.56. The van der Waals surface area contributed by atoms with Gasteiger partial charge in [-0.05, 0) is 11.6 Å². The van der Waals surface area contributed by atoms with Crippen LogP contribution >= 0.6 is 0 Å². The molecule has 0 saturated carbocycles. The third-order valence-corrected chi connectivity index (χ3v) is 2.51. The summed E-state index contributed by atoms with van der Waals surface area (Å²) in [5, 5.41) is 1.13. The third-order valence-electron chi connectivity index (χ3n) is 2.51. The Balaban J connectivity index is 2.37. The van der Waals surface area contributed by atoms with Crippen molar-refractivity contribution in [1.82, 2.24) is 4.98 Å². The molecule has 1 N–H and O–H groups in total. The zero-order chi connectivity index (χ0) is 9.54. The minimum absolute atomic E-state index is 0.0674. The minimum atomic E-state index is -0.0674. The molecule has 2 heterocycles. The first-order valence-corrected chi connectivity index (χ1v) is 4.51. The molecule has 0 spiro atoms. The van der Waals surface area contributed by atoms with Crippen LogP contribution in [0.4, 0.5) is 0 Å². The van der Waals surface area contributed by atoms with Gasteiger partial charge in [0.2, 0.25) is 5.91 Å². The summed E-state index contributed by atoms with van der Waals surface area (Å²) in [4.78, 5) is 18.2. The topological polar surface area (TPSA) is 45.2 Å². The molecule has 2 aromatic rings. The van der Waals surface area contributed by atoms with Crippen LogP contribution in [0.5, 0.6) is 0 Å². The molecule has 0 radical (unpaired) electrons. The second-order valence-corrected chi connectivity index (χ2v) is 3.39. The number of amides is 1. The molecule has 1 amide bonds. The highest BCUT2D eigenvalue weighted by Crippen LogP contribution is 2.23. The number of aromatic nitrogens is 1. The Morgan fingerprint density at radius 1 is 1.29 bits per heavy atom. The fourth-order valence-corrected chi connectivity index (χ4v) is 1.85. The number of hydrogen-bond donors (Lipinski definition) is 1. The summed E-state index contributed by atoms with van der Waals surface area (Å²) in [6, 6.07) is 7.99. The molecule has 0 unspecified atom stereocenters. The van der Waals surface area contributed by atoms with Crippen LogP contribution in [0.1, 0.15) is 11.3 Å². The van der Waals surface area contributed by atoms with E-state index < -0.39 is 0 Å². The number of nitrogens with one attached hydrogen (secondary N) is 1. The maximum absolute atomic E-state index is 11.2. The van der Waals surface area contributed by atoms with Gasteiger partial charge in [-0.3, -0.25) is 4.79 Å². The molecule has 0 atom stereocenters. The molecule has 1 aromatic carbocycles. The SMILES string of the molecule is O=C1Cc2c([nH]c3ccccc23)C=N1. The zero-order valence-electron chi connectivity index (χ0n) is 7.45. The van der Waals surface area contributed by atoms with Crippen molar-refractivity contribution in [3.05, 3.63) is 35.5 Å². The van der Waals surface area contributed by atoms with Gasteiger partial charge < -0.3 is 4.98 Å². The van der Waals surface area contributed by atoms with Crippen molar-refractivity contribution in [2.24, 2.45) is 4.99 Å². The number of benzene rings is 1. The Morgan fingerprint density at radius 3 is 3.07 bits per heavy atom. The van der Waals surface area contributed by atoms with Gasteiger partial charge in [-0.1, -0.05) is 18.2 Å². The van der Waals surface area contributed by atoms with Crippen LogP contribution in [0.3, 0.4) is 0 Å². The first-order valence-electron chi connectivity index (χ1n) is 4.51. The molecule has 0 fully saturated rings. The van der Waals surface area contributed by atoms with Crippen molar-refractivity contribution in [3.8, 4) is 0 Å². The van der Waals surface area contributed by atoms with Crippen molar-refractivity contribution in [3.63, 3.8) is 0 Å². The third kappa shape index (κ3) is 0.923. The standard InChI is InChI=1S/C11H8N2O/c14-11-5-8-7-3-1-2-4-9(7)13-10(8)6-12-11/h1-4,6,13H,5H2. The van der Waals surface area contributed by atoms with Gasteiger partial charge in [0.05, 0.1) is 18.3 Å². The van der Waals surface area contributed by atoms with Gasteiger partial charge >= 0.3 is 0 Å². The van der Waals surface area contributed by atoms with E-state index >= 15 is 0 Å². The molecule has 3 rings (SSSR count). The minimum Gasteiger partial charge on any atom is -0.354 e. The van der Waals surface area contributed by atoms with Crippen LogP contribution in [0.25, 0.3) is 10.9 Å². The molecule has 3 heteroatoms. The highest BCUT2D eigenvalue weighted by molar-refractivity contribution is 6.04. The number of aromatic amines is 1. The van der Waals surface area contributed by atoms with E-state index in [4.69, 9.17) is 0 Å². The lowest BCUT2D eigenvalue weighted by Gasteiger charge is -2.02. The molecule has 1 aliphatic heterocycles. The van der Waals surface area contributed by atoms with Crippen LogP contribution in [-0.4, -0.2) is 17.1 Å². The second-order valence-electron chi connectivity index (χ2n) is 3.39. The molecule has 0 bridgehead atoms. The Hall–Kier alpha value is -1.90. The quantitative estimate of drug-likeness (QED) is 0.665. The molecular weight excluding hydrogens is 176 g/mol. The van der Waals surface area contributed by atoms with Crippen LogP contribution in [0, 0.1) is 0 Å². The zero-order valence-corrected chi connectivity index (χ0v) is 7.45. The number of carbonyl (C=O) groups is 1. The smallest absolute Gasteiger partial charge is 0.250 e. The maximum Gasteiger partial charge on any atom is 0.250 e. The number of rotatable bonds is 0. The largest absolute Gasteiger partial charge is 0.354 e. The van der Waals surface area contributed by atoms with Crippen molar-refractivity contribution in [2.45, 2.75) is 6.42 Å². The fourth-order valence-electron chi connectivity index (χ4n) is 1.85. The summed E-state index contributed by atoms with van der Waals surface area (Å²) < 4.78 is 0. The number of aliphatic imine (C=N–C) groups is 1. The lowest BCUT2D eigenvalue weighted by atomic mass is 10.1. The average molecular weight is 184 g/mol. The number of nitrogens with zero attached hydrogens (tertiary/aromatic N) is 1. The number of H-pyrrole nitrogens is 1. The van der Waals surface area contributed by atoms with Gasteiger partial charge in [0.15, 0.2) is 0 Å². The Morgan fingerprint density at radius 2 is 2.14 bits per heavy atom. The molecular formula is C11H8N2O. The molecule has 1 aromatic heterocycles. The molecule has 0 saturated heterocycles. The summed E-state index contributed by atoms with van der Waals surface area (Å²) in [5.74, 6) is -0.0674. The number of fused-ring (bicyclic) bond motifs is 3. The second kappa shape index (κ2) is 2.54. The van der Waals surface area contributed by atoms with Gasteiger partial charge in [0, 0.05) is 10.9 Å². The molecule has 1 aliphatic rings. The van der Waals surface area contributed by atoms with E-state index in [1.807, 2.05) is 24.3 Å². The van der Waals surface area contributed by atoms with E-state index in [0.717, 1.165) is 22.2 Å². The predicted octanol–water partition coefficient (Wildman–Crippen LogP) is 1.67. The summed E-state index contributed by atoms with van der Waals surface area (Å²) in [6.07, 6.45) is 2.02. The Bertz CT molecular complexity index is 551. The lowest BCUT2D eigenvalue weighted by Crippen LogP contribution is -2.07. The fraction of sp³-hybridized carbons (Fsp3) is 0.0909. The molecule has 0 aliphatic carbocycles. The summed E-state index contributed by atoms with van der Waals surface area (Å²) in [7, 11) is 0. The van der Waals surface area contributed by atoms with E-state index in [0.29, 0.717) is 6.42 Å². The van der Waals surface area contributed by atoms with Gasteiger partial charge in [-0.25, -0.2) is 4.99 Å². The lowest BCUT2D eigenvalue weighted by molar-refractivity contribution is -0.117. The molecule has 68 valence electrons. The first-order chi connectivity index (χ1) is 6.84. The summed E-state index contributed by atoms with van der Waals surface area (Å²) in [6.45, 7) is 0. The molecule has 14 heavy (non-hydrogen) atoms. The summed E-state index contributed by atoms with van der Waals surface area (Å²) in [5.41, 5.74) is 3.10. The van der Waals surface area contributed by atoms with Crippen LogP contribution < -0.4 is 0 Å². The maximum atomic E-state index is 11.2. The highest BCUT2D eigenvalue weighted by atomic mass is 16.1. The number of para-hydroxylation sites is 1. The van der Waals surface area contributed by atoms with E-state index in [1.54, 1.807) is 6.21 Å². The van der Waals surface area contributed by atoms with E-state index in [1.165, 1.54) is 0 Å². The highest BCUT2D eigenvalue weighted by Gasteiger charge is 2.16. The van der Waals surface area contributed by atoms with E-state index in [2.05, 4.69) is 9.98 Å². The van der Waals surface area contributed by atoms with E-state index in [9.17, 15) is 4.79 Å². The van der Waals surface area contributed by atoms with Crippen molar-refractivity contribution < 1.29 is 4.79 Å². The normalized spacial score (nSPS) is 14.7. The number of carbonyl (C=O) groups excluding carboxylic acids is 1. The monoisotopic (exact) mass is 184 g/mol. The van der Waals surface area contributed by atoms with E-state index in [-0.39, 0.29) is 5.91 Å². The van der Waals surface area contributed by atoms with Gasteiger partial charge in [0.25, 0.3) is 0 Å². The van der Waals surface area contributed by atoms with Crippen LogP contribution in [-0.2, 0) is 11.2 Å². The van der Waals surface area contributed by atoms with Crippen molar-refractivity contribution in [2.75, 3.05) is 0 Å². The summed E-state index contributed by atoms with van der Waals surface area (Å²) >= 11 is 0. The van der Waals surface area contributed by atoms with Gasteiger partial charge in [-0.2, -0.15) is 0 Å². The number of hydrogen-bond acceptors (Lipinski definition) is 1. The Kier molecular flexibility index (Phi) is 1.36. The van der Waals surface area contributed by atoms with Gasteiger partial charge in [0.1, 0.15) is 0 Å². The predicted molar refractivity (Wildman–Crippen MR) is 54.6 cm³/mol. The Labute approximate surface area is 80.5 Å². The van der Waals surface area contributed by atoms with Crippen molar-refractivity contribution in [1.29, 1.82) is 0 Å². The van der Waals surface area contributed by atoms with Crippen LogP contribution in [0.2, 0.25) is 0 Å². The molecule has 3 nitrogen and oxygen atoms in total. The van der Waals surface area contributed by atoms with Crippen molar-refractivity contribution >= 4 is 23.0 Å². The van der Waals surface area contributed by atoms with Crippen LogP contribution in [0.15, 0.2) is 29.3 Å².